The van der Waals surface area contributed by atoms with Gasteiger partial charge in [-0.2, -0.15) is 0 Å². The highest BCUT2D eigenvalue weighted by molar-refractivity contribution is 5.72. The minimum atomic E-state index is -0.235. The largest absolute Gasteiger partial charge is 0.354 e. The lowest BCUT2D eigenvalue weighted by atomic mass is 9.97. The summed E-state index contributed by atoms with van der Waals surface area (Å²) in [6.07, 6.45) is 3.31. The number of hydrazine groups is 1. The lowest BCUT2D eigenvalue weighted by Gasteiger charge is -2.35. The normalized spacial score (nSPS) is 21.5. The highest BCUT2D eigenvalue weighted by Crippen LogP contribution is 2.35. The Morgan fingerprint density at radius 1 is 1.08 bits per heavy atom. The summed E-state index contributed by atoms with van der Waals surface area (Å²) in [4.78, 5) is 13.1. The molecule has 7 heteroatoms. The van der Waals surface area contributed by atoms with Crippen molar-refractivity contribution >= 4 is 5.57 Å². The zero-order valence-electron chi connectivity index (χ0n) is 14.1. The average Bonchev–Trinajstić information content (AvgIpc) is 3.09. The monoisotopic (exact) mass is 340 g/mol. The van der Waals surface area contributed by atoms with E-state index in [9.17, 15) is 4.39 Å². The van der Waals surface area contributed by atoms with Gasteiger partial charge in [-0.05, 0) is 30.8 Å². The Balaban J connectivity index is 1.74. The van der Waals surface area contributed by atoms with Gasteiger partial charge in [-0.1, -0.05) is 12.1 Å². The van der Waals surface area contributed by atoms with Crippen LogP contribution in [-0.2, 0) is 0 Å². The third-order valence-corrected chi connectivity index (χ3v) is 4.76. The number of hydrogen-bond donors (Lipinski definition) is 2. The SMILES string of the molecule is CN1CCN(C2=C(c3ccncn3)C(c3ccc(F)cc3)NN2)CC1. The zero-order chi connectivity index (χ0) is 17.2. The van der Waals surface area contributed by atoms with Crippen LogP contribution in [0.25, 0.3) is 5.57 Å². The molecule has 2 aliphatic heterocycles. The standard InChI is InChI=1S/C18H21FN6/c1-24-8-10-25(11-9-24)18-16(15-6-7-20-12-21-15)17(22-23-18)13-2-4-14(19)5-3-13/h2-7,12,17,22-23H,8-11H2,1H3. The Morgan fingerprint density at radius 2 is 1.84 bits per heavy atom. The fourth-order valence-corrected chi connectivity index (χ4v) is 3.32. The van der Waals surface area contributed by atoms with Crippen molar-refractivity contribution in [3.8, 4) is 0 Å². The molecule has 1 aromatic heterocycles. The molecule has 2 aromatic rings. The van der Waals surface area contributed by atoms with Crippen LogP contribution in [0.4, 0.5) is 4.39 Å². The Morgan fingerprint density at radius 3 is 2.52 bits per heavy atom. The van der Waals surface area contributed by atoms with Crippen molar-refractivity contribution in [1.29, 1.82) is 0 Å². The van der Waals surface area contributed by atoms with Gasteiger partial charge in [0.15, 0.2) is 0 Å². The molecule has 2 N–H and O–H groups in total. The second-order valence-electron chi connectivity index (χ2n) is 6.40. The van der Waals surface area contributed by atoms with E-state index in [2.05, 4.69) is 37.7 Å². The van der Waals surface area contributed by atoms with E-state index in [0.717, 1.165) is 48.8 Å². The fourth-order valence-electron chi connectivity index (χ4n) is 3.32. The third kappa shape index (κ3) is 3.20. The lowest BCUT2D eigenvalue weighted by Crippen LogP contribution is -2.46. The van der Waals surface area contributed by atoms with E-state index in [1.54, 1.807) is 12.5 Å². The average molecular weight is 340 g/mol. The number of benzene rings is 1. The quantitative estimate of drug-likeness (QED) is 0.880. The highest BCUT2D eigenvalue weighted by Gasteiger charge is 2.32. The molecule has 0 amide bonds. The number of halogens is 1. The van der Waals surface area contributed by atoms with Crippen LogP contribution in [0.15, 0.2) is 48.7 Å². The summed E-state index contributed by atoms with van der Waals surface area (Å²) in [5, 5.41) is 0. The maximum Gasteiger partial charge on any atom is 0.123 e. The number of rotatable bonds is 3. The Hall–Kier alpha value is -2.51. The van der Waals surface area contributed by atoms with Gasteiger partial charge in [-0.3, -0.25) is 0 Å². The van der Waals surface area contributed by atoms with E-state index in [4.69, 9.17) is 0 Å². The molecule has 130 valence electrons. The van der Waals surface area contributed by atoms with Crippen LogP contribution in [0.3, 0.4) is 0 Å². The molecule has 1 atom stereocenters. The van der Waals surface area contributed by atoms with Crippen molar-refractivity contribution in [1.82, 2.24) is 30.6 Å². The smallest absolute Gasteiger partial charge is 0.123 e. The van der Waals surface area contributed by atoms with Gasteiger partial charge in [0.05, 0.1) is 11.7 Å². The molecule has 4 rings (SSSR count). The second kappa shape index (κ2) is 6.78. The predicted molar refractivity (Wildman–Crippen MR) is 93.4 cm³/mol. The van der Waals surface area contributed by atoms with Crippen molar-refractivity contribution in [3.05, 3.63) is 65.8 Å². The molecule has 3 heterocycles. The Labute approximate surface area is 146 Å². The summed E-state index contributed by atoms with van der Waals surface area (Å²) in [6.45, 7) is 3.93. The lowest BCUT2D eigenvalue weighted by molar-refractivity contribution is 0.178. The summed E-state index contributed by atoms with van der Waals surface area (Å²) in [5.41, 5.74) is 9.60. The van der Waals surface area contributed by atoms with E-state index in [1.165, 1.54) is 12.1 Å². The molecule has 0 aliphatic carbocycles. The molecular weight excluding hydrogens is 319 g/mol. The fraction of sp³-hybridized carbons (Fsp3) is 0.333. The van der Waals surface area contributed by atoms with Crippen molar-refractivity contribution < 1.29 is 4.39 Å². The summed E-state index contributed by atoms with van der Waals surface area (Å²) >= 11 is 0. The number of aromatic nitrogens is 2. The molecule has 2 aliphatic rings. The first-order valence-electron chi connectivity index (χ1n) is 8.43. The van der Waals surface area contributed by atoms with Gasteiger partial charge >= 0.3 is 0 Å². The highest BCUT2D eigenvalue weighted by atomic mass is 19.1. The van der Waals surface area contributed by atoms with Crippen LogP contribution in [0.5, 0.6) is 0 Å². The summed E-state index contributed by atoms with van der Waals surface area (Å²) in [6, 6.07) is 8.41. The van der Waals surface area contributed by atoms with Gasteiger partial charge in [-0.15, -0.1) is 0 Å². The minimum Gasteiger partial charge on any atom is -0.354 e. The van der Waals surface area contributed by atoms with Gasteiger partial charge in [0, 0.05) is 37.9 Å². The molecule has 1 saturated heterocycles. The topological polar surface area (TPSA) is 56.3 Å². The van der Waals surface area contributed by atoms with Gasteiger partial charge in [0.1, 0.15) is 18.0 Å². The molecule has 1 fully saturated rings. The first-order valence-corrected chi connectivity index (χ1v) is 8.43. The first-order chi connectivity index (χ1) is 12.2. The molecule has 1 aromatic carbocycles. The first kappa shape index (κ1) is 16.0. The van der Waals surface area contributed by atoms with Gasteiger partial charge in [0.2, 0.25) is 0 Å². The second-order valence-corrected chi connectivity index (χ2v) is 6.40. The zero-order valence-corrected chi connectivity index (χ0v) is 14.1. The Kier molecular flexibility index (Phi) is 4.33. The van der Waals surface area contributed by atoms with Crippen molar-refractivity contribution in [2.45, 2.75) is 6.04 Å². The van der Waals surface area contributed by atoms with Crippen molar-refractivity contribution in [2.24, 2.45) is 0 Å². The number of nitrogens with zero attached hydrogens (tertiary/aromatic N) is 4. The molecule has 0 saturated carbocycles. The van der Waals surface area contributed by atoms with Crippen LogP contribution in [0.1, 0.15) is 17.3 Å². The summed E-state index contributed by atoms with van der Waals surface area (Å²) < 4.78 is 13.3. The van der Waals surface area contributed by atoms with Gasteiger partial charge in [0.25, 0.3) is 0 Å². The maximum atomic E-state index is 13.3. The van der Waals surface area contributed by atoms with Crippen LogP contribution in [-0.4, -0.2) is 53.0 Å². The molecule has 0 bridgehead atoms. The van der Waals surface area contributed by atoms with E-state index in [-0.39, 0.29) is 11.9 Å². The van der Waals surface area contributed by atoms with Crippen LogP contribution in [0, 0.1) is 5.82 Å². The molecule has 1 unspecified atom stereocenters. The number of likely N-dealkylation sites (N-methyl/N-ethyl adjacent to an activating group) is 1. The molecule has 25 heavy (non-hydrogen) atoms. The van der Waals surface area contributed by atoms with E-state index >= 15 is 0 Å². The maximum absolute atomic E-state index is 13.3. The van der Waals surface area contributed by atoms with Crippen LogP contribution < -0.4 is 10.9 Å². The summed E-state index contributed by atoms with van der Waals surface area (Å²) in [7, 11) is 2.14. The predicted octanol–water partition coefficient (Wildman–Crippen LogP) is 1.38. The third-order valence-electron chi connectivity index (χ3n) is 4.76. The Bertz CT molecular complexity index is 753. The van der Waals surface area contributed by atoms with Crippen LogP contribution >= 0.6 is 0 Å². The van der Waals surface area contributed by atoms with Gasteiger partial charge < -0.3 is 15.2 Å². The molecule has 0 spiro atoms. The molecule has 0 radical (unpaired) electrons. The van der Waals surface area contributed by atoms with Crippen LogP contribution in [0.2, 0.25) is 0 Å². The number of hydrogen-bond acceptors (Lipinski definition) is 6. The molecular formula is C18H21FN6. The molecule has 6 nitrogen and oxygen atoms in total. The number of piperazine rings is 1. The van der Waals surface area contributed by atoms with Crippen molar-refractivity contribution in [2.75, 3.05) is 33.2 Å². The van der Waals surface area contributed by atoms with E-state index < -0.39 is 0 Å². The summed E-state index contributed by atoms with van der Waals surface area (Å²) in [5.74, 6) is 0.808. The van der Waals surface area contributed by atoms with E-state index in [1.807, 2.05) is 18.2 Å². The van der Waals surface area contributed by atoms with Gasteiger partial charge in [-0.25, -0.2) is 19.8 Å². The number of nitrogens with one attached hydrogen (secondary N) is 2. The van der Waals surface area contributed by atoms with E-state index in [0.29, 0.717) is 0 Å². The van der Waals surface area contributed by atoms with Crippen molar-refractivity contribution in [3.63, 3.8) is 0 Å². The minimum absolute atomic E-state index is 0.0924.